The molecule has 0 aliphatic rings. The molecule has 0 unspecified atom stereocenters. The maximum absolute atomic E-state index is 4.41. The minimum absolute atomic E-state index is 0. The molecule has 0 amide bonds. The van der Waals surface area contributed by atoms with Crippen molar-refractivity contribution in [3.05, 3.63) is 103 Å². The Morgan fingerprint density at radius 2 is 1.36 bits per heavy atom. The van der Waals surface area contributed by atoms with Gasteiger partial charge in [-0.15, -0.1) is 35.9 Å². The maximum Gasteiger partial charge on any atom is 2.00 e. The zero-order valence-electron chi connectivity index (χ0n) is 14.8. The minimum Gasteiger partial charge on any atom is -0.434 e. The number of nitrogens with zero attached hydrogens (tertiary/aromatic N) is 4. The van der Waals surface area contributed by atoms with Crippen molar-refractivity contribution in [3.63, 3.8) is 0 Å². The first-order chi connectivity index (χ1) is 13.4. The molecule has 5 rings (SSSR count). The number of hydrogen-bond acceptors (Lipinski definition) is 3. The number of pyridine rings is 2. The van der Waals surface area contributed by atoms with Crippen LogP contribution in [0, 0.1) is 6.07 Å². The van der Waals surface area contributed by atoms with E-state index in [0.717, 1.165) is 28.0 Å². The van der Waals surface area contributed by atoms with E-state index < -0.39 is 0 Å². The van der Waals surface area contributed by atoms with Crippen molar-refractivity contribution in [1.29, 1.82) is 0 Å². The molecule has 0 spiro atoms. The molecule has 0 fully saturated rings. The van der Waals surface area contributed by atoms with E-state index in [2.05, 4.69) is 26.0 Å². The summed E-state index contributed by atoms with van der Waals surface area (Å²) in [4.78, 5) is 17.3. The Morgan fingerprint density at radius 1 is 0.679 bits per heavy atom. The van der Waals surface area contributed by atoms with Crippen LogP contribution in [-0.4, -0.2) is 15.0 Å². The van der Waals surface area contributed by atoms with Gasteiger partial charge in [-0.2, -0.15) is 0 Å². The first-order valence-electron chi connectivity index (χ1n) is 8.59. The largest absolute Gasteiger partial charge is 2.00 e. The molecule has 3 aromatic heterocycles. The third-order valence-corrected chi connectivity index (χ3v) is 3.88. The van der Waals surface area contributed by atoms with Crippen molar-refractivity contribution in [2.45, 2.75) is 0 Å². The summed E-state index contributed by atoms with van der Waals surface area (Å²) in [7, 11) is 0. The van der Waals surface area contributed by atoms with Crippen LogP contribution in [0.15, 0.2) is 97.3 Å². The fraction of sp³-hybridized carbons (Fsp3) is 0. The molecule has 0 bridgehead atoms. The molecule has 0 N–H and O–H groups in total. The Balaban J connectivity index is 0.000000159. The van der Waals surface area contributed by atoms with Crippen molar-refractivity contribution in [1.82, 2.24) is 19.9 Å². The molecular weight excluding hydrogens is 527 g/mol. The number of benzene rings is 2. The second-order valence-corrected chi connectivity index (χ2v) is 5.74. The van der Waals surface area contributed by atoms with Gasteiger partial charge in [0.25, 0.3) is 0 Å². The third kappa shape index (κ3) is 4.79. The molecule has 3 heterocycles. The Morgan fingerprint density at radius 3 is 2.00 bits per heavy atom. The SMILES string of the molecule is [Pt+2].[c-]1ccccc1-c1ccccn1.c1ccc(-c2nc3ccccc3[n-]2)nc1. The second-order valence-electron chi connectivity index (χ2n) is 5.74. The molecule has 0 aliphatic carbocycles. The van der Waals surface area contributed by atoms with Crippen molar-refractivity contribution in [2.24, 2.45) is 0 Å². The molecule has 0 atom stereocenters. The summed E-state index contributed by atoms with van der Waals surface area (Å²) in [6, 6.07) is 30.4. The van der Waals surface area contributed by atoms with Gasteiger partial charge in [0.1, 0.15) is 0 Å². The molecular formula is C23H16N4Pt. The van der Waals surface area contributed by atoms with Crippen LogP contribution in [-0.2, 0) is 21.1 Å². The number of rotatable bonds is 2. The smallest absolute Gasteiger partial charge is 0.434 e. The predicted molar refractivity (Wildman–Crippen MR) is 107 cm³/mol. The predicted octanol–water partition coefficient (Wildman–Crippen LogP) is 4.80. The molecule has 0 saturated carbocycles. The van der Waals surface area contributed by atoms with Crippen molar-refractivity contribution >= 4 is 11.0 Å². The van der Waals surface area contributed by atoms with Crippen molar-refractivity contribution in [2.75, 3.05) is 0 Å². The molecule has 0 radical (unpaired) electrons. The van der Waals surface area contributed by atoms with Crippen LogP contribution in [0.25, 0.3) is 33.8 Å². The van der Waals surface area contributed by atoms with E-state index in [-0.39, 0.29) is 21.1 Å². The number of imidazole rings is 1. The zero-order valence-corrected chi connectivity index (χ0v) is 17.1. The average Bonchev–Trinajstić information content (AvgIpc) is 3.21. The van der Waals surface area contributed by atoms with Gasteiger partial charge in [0.15, 0.2) is 0 Å². The second kappa shape index (κ2) is 9.72. The Kier molecular flexibility index (Phi) is 6.83. The molecule has 138 valence electrons. The topological polar surface area (TPSA) is 52.8 Å². The summed E-state index contributed by atoms with van der Waals surface area (Å²) in [6.45, 7) is 0. The zero-order chi connectivity index (χ0) is 18.3. The summed E-state index contributed by atoms with van der Waals surface area (Å²) in [5, 5.41) is 0. The van der Waals surface area contributed by atoms with Crippen LogP contribution in [0.3, 0.4) is 0 Å². The van der Waals surface area contributed by atoms with Gasteiger partial charge in [0, 0.05) is 12.4 Å². The first kappa shape index (κ1) is 19.7. The van der Waals surface area contributed by atoms with E-state index in [1.807, 2.05) is 84.9 Å². The van der Waals surface area contributed by atoms with Gasteiger partial charge in [-0.1, -0.05) is 42.5 Å². The minimum atomic E-state index is 0. The number of fused-ring (bicyclic) bond motifs is 1. The van der Waals surface area contributed by atoms with Gasteiger partial charge in [0.05, 0.1) is 5.69 Å². The van der Waals surface area contributed by atoms with Crippen LogP contribution in [0.4, 0.5) is 0 Å². The summed E-state index contributed by atoms with van der Waals surface area (Å²) in [5.74, 6) is 0.691. The van der Waals surface area contributed by atoms with Crippen LogP contribution >= 0.6 is 0 Å². The molecule has 0 saturated heterocycles. The maximum atomic E-state index is 4.41. The monoisotopic (exact) mass is 543 g/mol. The fourth-order valence-electron chi connectivity index (χ4n) is 2.59. The quantitative estimate of drug-likeness (QED) is 0.300. The van der Waals surface area contributed by atoms with Gasteiger partial charge in [-0.05, 0) is 40.8 Å². The number of hydrogen-bond donors (Lipinski definition) is 0. The molecule has 28 heavy (non-hydrogen) atoms. The van der Waals surface area contributed by atoms with E-state index in [0.29, 0.717) is 5.82 Å². The van der Waals surface area contributed by atoms with Crippen LogP contribution < -0.4 is 4.98 Å². The summed E-state index contributed by atoms with van der Waals surface area (Å²) >= 11 is 0. The summed E-state index contributed by atoms with van der Waals surface area (Å²) in [6.07, 6.45) is 3.53. The van der Waals surface area contributed by atoms with Crippen LogP contribution in [0.1, 0.15) is 0 Å². The fourth-order valence-corrected chi connectivity index (χ4v) is 2.59. The van der Waals surface area contributed by atoms with E-state index in [9.17, 15) is 0 Å². The number of aromatic nitrogens is 4. The van der Waals surface area contributed by atoms with Gasteiger partial charge < -0.3 is 15.0 Å². The normalized spacial score (nSPS) is 9.86. The van der Waals surface area contributed by atoms with Gasteiger partial charge in [-0.25, -0.2) is 0 Å². The molecule has 0 aliphatic heterocycles. The first-order valence-corrected chi connectivity index (χ1v) is 8.59. The standard InChI is InChI=1S/C12H8N3.C11H8N.Pt/c1-2-6-10-9(5-1)14-12(15-10)11-7-3-4-8-13-11;1-2-6-10(7-3-1)11-8-4-5-9-12-11;/h1-8H;1-6,8-9H;/q2*-1;+2. The van der Waals surface area contributed by atoms with Gasteiger partial charge >= 0.3 is 21.1 Å². The third-order valence-electron chi connectivity index (χ3n) is 3.88. The molecule has 5 aromatic rings. The van der Waals surface area contributed by atoms with Crippen LogP contribution in [0.2, 0.25) is 0 Å². The van der Waals surface area contributed by atoms with E-state index in [1.54, 1.807) is 12.4 Å². The van der Waals surface area contributed by atoms with E-state index in [1.165, 1.54) is 0 Å². The van der Waals surface area contributed by atoms with Crippen molar-refractivity contribution in [3.8, 4) is 22.8 Å². The summed E-state index contributed by atoms with van der Waals surface area (Å²) < 4.78 is 0. The Hall–Kier alpha value is -3.10. The Labute approximate surface area is 178 Å². The molecule has 5 heteroatoms. The van der Waals surface area contributed by atoms with Crippen LogP contribution in [0.5, 0.6) is 0 Å². The van der Waals surface area contributed by atoms with E-state index in [4.69, 9.17) is 0 Å². The Bertz CT molecular complexity index is 1040. The molecule has 2 aromatic carbocycles. The van der Waals surface area contributed by atoms with Gasteiger partial charge in [-0.3, -0.25) is 4.98 Å². The van der Waals surface area contributed by atoms with E-state index >= 15 is 0 Å². The number of para-hydroxylation sites is 2. The van der Waals surface area contributed by atoms with Crippen molar-refractivity contribution < 1.29 is 21.1 Å². The average molecular weight is 543 g/mol. The van der Waals surface area contributed by atoms with Gasteiger partial charge in [0.2, 0.25) is 0 Å². The summed E-state index contributed by atoms with van der Waals surface area (Å²) in [5.41, 5.74) is 4.65. The molecule has 4 nitrogen and oxygen atoms in total.